The minimum atomic E-state index is -0.337. The lowest BCUT2D eigenvalue weighted by atomic mass is 10.1. The Kier molecular flexibility index (Phi) is 8.35. The van der Waals surface area contributed by atoms with Crippen LogP contribution in [0.3, 0.4) is 0 Å². The molecule has 0 saturated heterocycles. The van der Waals surface area contributed by atoms with E-state index in [4.69, 9.17) is 17.0 Å². The molecule has 3 aromatic carbocycles. The first-order valence-corrected chi connectivity index (χ1v) is 11.1. The normalized spacial score (nSPS) is 10.2. The number of benzene rings is 3. The van der Waals surface area contributed by atoms with E-state index in [1.54, 1.807) is 42.5 Å². The number of carbonyl (C=O) groups excluding carboxylic acids is 2. The fourth-order valence-electron chi connectivity index (χ4n) is 2.88. The van der Waals surface area contributed by atoms with Crippen molar-refractivity contribution >= 4 is 56.4 Å². The molecule has 6 nitrogen and oxygen atoms in total. The fourth-order valence-corrected chi connectivity index (χ4v) is 3.58. The van der Waals surface area contributed by atoms with Gasteiger partial charge in [-0.15, -0.1) is 0 Å². The van der Waals surface area contributed by atoms with Crippen molar-refractivity contribution in [3.8, 4) is 5.75 Å². The summed E-state index contributed by atoms with van der Waals surface area (Å²) >= 11 is 8.63. The highest BCUT2D eigenvalue weighted by atomic mass is 79.9. The molecule has 0 aromatic heterocycles. The van der Waals surface area contributed by atoms with Gasteiger partial charge in [0.05, 0.1) is 17.5 Å². The van der Waals surface area contributed by atoms with Gasteiger partial charge >= 0.3 is 0 Å². The molecule has 0 heterocycles. The molecule has 0 spiro atoms. The molecule has 0 aliphatic heterocycles. The number of rotatable bonds is 7. The molecule has 2 amide bonds. The predicted octanol–water partition coefficient (Wildman–Crippen LogP) is 5.16. The van der Waals surface area contributed by atoms with Gasteiger partial charge in [-0.1, -0.05) is 30.3 Å². The van der Waals surface area contributed by atoms with Crippen LogP contribution in [-0.2, 0) is 11.2 Å². The summed E-state index contributed by atoms with van der Waals surface area (Å²) < 4.78 is 6.14. The van der Waals surface area contributed by atoms with Crippen LogP contribution >= 0.6 is 28.1 Å². The summed E-state index contributed by atoms with van der Waals surface area (Å²) in [4.78, 5) is 24.6. The maximum absolute atomic E-state index is 12.4. The van der Waals surface area contributed by atoms with Crippen LogP contribution in [0, 0.1) is 0 Å². The van der Waals surface area contributed by atoms with Gasteiger partial charge in [-0.05, 0) is 83.1 Å². The molecule has 0 fully saturated rings. The van der Waals surface area contributed by atoms with Gasteiger partial charge in [-0.3, -0.25) is 14.9 Å². The first-order valence-electron chi connectivity index (χ1n) is 9.93. The highest BCUT2D eigenvalue weighted by Gasteiger charge is 2.11. The molecule has 3 aromatic rings. The molecule has 32 heavy (non-hydrogen) atoms. The molecule has 0 aliphatic carbocycles. The van der Waals surface area contributed by atoms with Crippen LogP contribution < -0.4 is 20.7 Å². The molecule has 0 saturated carbocycles. The fraction of sp³-hybridized carbons (Fsp3) is 0.125. The maximum atomic E-state index is 12.4. The quantitative estimate of drug-likeness (QED) is 0.382. The molecule has 0 radical (unpaired) electrons. The van der Waals surface area contributed by atoms with E-state index in [0.29, 0.717) is 40.2 Å². The van der Waals surface area contributed by atoms with Gasteiger partial charge in [0, 0.05) is 16.9 Å². The number of halogens is 1. The number of anilines is 2. The third-order valence-corrected chi connectivity index (χ3v) is 5.18. The lowest BCUT2D eigenvalue weighted by molar-refractivity contribution is -0.115. The van der Waals surface area contributed by atoms with Crippen LogP contribution in [0.2, 0.25) is 0 Å². The van der Waals surface area contributed by atoms with Crippen LogP contribution in [0.4, 0.5) is 11.4 Å². The first-order chi connectivity index (χ1) is 15.4. The van der Waals surface area contributed by atoms with E-state index in [1.807, 2.05) is 37.3 Å². The zero-order valence-electron chi connectivity index (χ0n) is 17.4. The van der Waals surface area contributed by atoms with E-state index in [-0.39, 0.29) is 16.9 Å². The number of hydrogen-bond acceptors (Lipinski definition) is 4. The van der Waals surface area contributed by atoms with E-state index in [1.165, 1.54) is 0 Å². The Bertz CT molecular complexity index is 1110. The standard InChI is InChI=1S/C24H22BrN3O3S/c1-2-31-21-13-8-17(15-20(21)25)23(30)28-24(32)27-19-11-9-18(10-12-19)26-22(29)14-16-6-4-3-5-7-16/h3-13,15H,2,14H2,1H3,(H,26,29)(H2,27,28,30,32). The molecule has 8 heteroatoms. The van der Waals surface area contributed by atoms with E-state index in [9.17, 15) is 9.59 Å². The van der Waals surface area contributed by atoms with Crippen molar-refractivity contribution in [1.82, 2.24) is 5.32 Å². The van der Waals surface area contributed by atoms with Crippen molar-refractivity contribution in [2.75, 3.05) is 17.2 Å². The van der Waals surface area contributed by atoms with Gasteiger partial charge < -0.3 is 15.4 Å². The summed E-state index contributed by atoms with van der Waals surface area (Å²) in [5.41, 5.74) is 2.75. The summed E-state index contributed by atoms with van der Waals surface area (Å²) in [6.07, 6.45) is 0.304. The SMILES string of the molecule is CCOc1ccc(C(=O)NC(=S)Nc2ccc(NC(=O)Cc3ccccc3)cc2)cc1Br. The van der Waals surface area contributed by atoms with Crippen molar-refractivity contribution in [2.24, 2.45) is 0 Å². The third-order valence-electron chi connectivity index (χ3n) is 4.36. The number of ether oxygens (including phenoxy) is 1. The van der Waals surface area contributed by atoms with E-state index in [0.717, 1.165) is 5.56 Å². The van der Waals surface area contributed by atoms with Gasteiger partial charge in [0.15, 0.2) is 5.11 Å². The lowest BCUT2D eigenvalue weighted by Gasteiger charge is -2.12. The first kappa shape index (κ1) is 23.4. The second-order valence-electron chi connectivity index (χ2n) is 6.77. The molecule has 0 aliphatic rings. The molecule has 3 N–H and O–H groups in total. The summed E-state index contributed by atoms with van der Waals surface area (Å²) in [6, 6.07) is 21.7. The molecule has 164 valence electrons. The van der Waals surface area contributed by atoms with Gasteiger partial charge in [0.2, 0.25) is 5.91 Å². The number of thiocarbonyl (C=S) groups is 1. The van der Waals surface area contributed by atoms with Gasteiger partial charge in [-0.2, -0.15) is 0 Å². The van der Waals surface area contributed by atoms with E-state index >= 15 is 0 Å². The van der Waals surface area contributed by atoms with Crippen molar-refractivity contribution in [3.63, 3.8) is 0 Å². The second kappa shape index (κ2) is 11.4. The number of hydrogen-bond donors (Lipinski definition) is 3. The largest absolute Gasteiger partial charge is 0.493 e. The predicted molar refractivity (Wildman–Crippen MR) is 134 cm³/mol. The lowest BCUT2D eigenvalue weighted by Crippen LogP contribution is -2.34. The second-order valence-corrected chi connectivity index (χ2v) is 8.04. The Balaban J connectivity index is 1.51. The van der Waals surface area contributed by atoms with Crippen molar-refractivity contribution < 1.29 is 14.3 Å². The Labute approximate surface area is 200 Å². The van der Waals surface area contributed by atoms with Gasteiger partial charge in [0.1, 0.15) is 5.75 Å². The minimum Gasteiger partial charge on any atom is -0.493 e. The topological polar surface area (TPSA) is 79.5 Å². The van der Waals surface area contributed by atoms with Crippen LogP contribution in [-0.4, -0.2) is 23.5 Å². The smallest absolute Gasteiger partial charge is 0.257 e. The Hall–Kier alpha value is -3.23. The average Bonchev–Trinajstić information content (AvgIpc) is 2.77. The molecule has 0 atom stereocenters. The van der Waals surface area contributed by atoms with E-state index < -0.39 is 0 Å². The average molecular weight is 512 g/mol. The monoisotopic (exact) mass is 511 g/mol. The molecular weight excluding hydrogens is 490 g/mol. The maximum Gasteiger partial charge on any atom is 0.257 e. The molecule has 3 rings (SSSR count). The van der Waals surface area contributed by atoms with Crippen molar-refractivity contribution in [1.29, 1.82) is 0 Å². The highest BCUT2D eigenvalue weighted by molar-refractivity contribution is 9.10. The summed E-state index contributed by atoms with van der Waals surface area (Å²) in [6.45, 7) is 2.43. The summed E-state index contributed by atoms with van der Waals surface area (Å²) in [7, 11) is 0. The zero-order valence-corrected chi connectivity index (χ0v) is 19.8. The van der Waals surface area contributed by atoms with Gasteiger partial charge in [0.25, 0.3) is 5.91 Å². The number of nitrogens with one attached hydrogen (secondary N) is 3. The summed E-state index contributed by atoms with van der Waals surface area (Å²) in [5, 5.41) is 8.63. The highest BCUT2D eigenvalue weighted by Crippen LogP contribution is 2.26. The van der Waals surface area contributed by atoms with Crippen molar-refractivity contribution in [3.05, 3.63) is 88.4 Å². The van der Waals surface area contributed by atoms with Crippen LogP contribution in [0.1, 0.15) is 22.8 Å². The van der Waals surface area contributed by atoms with Crippen LogP contribution in [0.5, 0.6) is 5.75 Å². The number of carbonyl (C=O) groups is 2. The molecular formula is C24H22BrN3O3S. The number of amides is 2. The molecule has 0 bridgehead atoms. The summed E-state index contributed by atoms with van der Waals surface area (Å²) in [5.74, 6) is 0.234. The van der Waals surface area contributed by atoms with Gasteiger partial charge in [-0.25, -0.2) is 0 Å². The van der Waals surface area contributed by atoms with Crippen LogP contribution in [0.25, 0.3) is 0 Å². The van der Waals surface area contributed by atoms with Crippen LogP contribution in [0.15, 0.2) is 77.3 Å². The van der Waals surface area contributed by atoms with E-state index in [2.05, 4.69) is 31.9 Å². The van der Waals surface area contributed by atoms with Crippen molar-refractivity contribution in [2.45, 2.75) is 13.3 Å². The Morgan fingerprint density at radius 2 is 1.59 bits per heavy atom. The zero-order chi connectivity index (χ0) is 22.9. The Morgan fingerprint density at radius 1 is 0.938 bits per heavy atom. The molecule has 0 unspecified atom stereocenters. The third kappa shape index (κ3) is 6.90. The Morgan fingerprint density at radius 3 is 2.22 bits per heavy atom. The minimum absolute atomic E-state index is 0.0961.